The lowest BCUT2D eigenvalue weighted by Gasteiger charge is -2.28. The molecule has 0 fully saturated rings. The molecule has 0 aliphatic rings. The average Bonchev–Trinajstić information content (AvgIpc) is 2.41. The van der Waals surface area contributed by atoms with Crippen LogP contribution in [0, 0.1) is 0 Å². The summed E-state index contributed by atoms with van der Waals surface area (Å²) < 4.78 is 10.2. The maximum Gasteiger partial charge on any atom is 0.333 e. The molecular weight excluding hydrogens is 276 g/mol. The fourth-order valence-electron chi connectivity index (χ4n) is 1.51. The van der Waals surface area contributed by atoms with E-state index in [4.69, 9.17) is 14.6 Å². The Labute approximate surface area is 125 Å². The van der Waals surface area contributed by atoms with Gasteiger partial charge in [-0.15, -0.1) is 0 Å². The molecule has 0 aromatic carbocycles. The molecule has 0 saturated heterocycles. The highest BCUT2D eigenvalue weighted by Gasteiger charge is 2.31. The Bertz CT molecular complexity index is 401. The van der Waals surface area contributed by atoms with Crippen LogP contribution in [0.4, 0.5) is 0 Å². The summed E-state index contributed by atoms with van der Waals surface area (Å²) in [5.74, 6) is -1.31. The van der Waals surface area contributed by atoms with Crippen LogP contribution in [-0.2, 0) is 19.1 Å². The van der Waals surface area contributed by atoms with Gasteiger partial charge in [-0.2, -0.15) is 0 Å². The highest BCUT2D eigenvalue weighted by Crippen LogP contribution is 2.16. The van der Waals surface area contributed by atoms with Crippen molar-refractivity contribution >= 4 is 11.9 Å². The van der Waals surface area contributed by atoms with Crippen molar-refractivity contribution in [3.05, 3.63) is 24.3 Å². The molecule has 2 N–H and O–H groups in total. The number of carbonyl (C=O) groups is 2. The third-order valence-corrected chi connectivity index (χ3v) is 2.73. The standard InChI is InChI=1S/C15H24O6/c1-9(2)14(18)20-11(5)13(12(17)7-6-8-16)21-15(19)10(3)4/h11-13,16-17H,1,3,6-8H2,2,4-5H3. The molecule has 21 heavy (non-hydrogen) atoms. The Morgan fingerprint density at radius 2 is 1.57 bits per heavy atom. The monoisotopic (exact) mass is 300 g/mol. The van der Waals surface area contributed by atoms with Gasteiger partial charge in [0.25, 0.3) is 0 Å². The van der Waals surface area contributed by atoms with Gasteiger partial charge in [0, 0.05) is 17.8 Å². The third kappa shape index (κ3) is 7.06. The van der Waals surface area contributed by atoms with Gasteiger partial charge in [0.05, 0.1) is 6.10 Å². The molecule has 0 bridgehead atoms. The maximum atomic E-state index is 11.6. The number of hydrogen-bond donors (Lipinski definition) is 2. The minimum absolute atomic E-state index is 0.0991. The average molecular weight is 300 g/mol. The van der Waals surface area contributed by atoms with Crippen molar-refractivity contribution in [2.45, 2.75) is 51.9 Å². The molecule has 0 rings (SSSR count). The van der Waals surface area contributed by atoms with Crippen molar-refractivity contribution in [3.8, 4) is 0 Å². The summed E-state index contributed by atoms with van der Waals surface area (Å²) in [5, 5.41) is 18.9. The topological polar surface area (TPSA) is 93.1 Å². The van der Waals surface area contributed by atoms with Crippen LogP contribution in [0.3, 0.4) is 0 Å². The Balaban J connectivity index is 4.92. The molecule has 0 aromatic rings. The first-order chi connectivity index (χ1) is 9.70. The number of hydrogen-bond acceptors (Lipinski definition) is 6. The summed E-state index contributed by atoms with van der Waals surface area (Å²) in [5.41, 5.74) is 0.379. The van der Waals surface area contributed by atoms with Gasteiger partial charge in [0.15, 0.2) is 6.10 Å². The molecule has 0 aliphatic heterocycles. The maximum absolute atomic E-state index is 11.6. The number of rotatable bonds is 9. The molecule has 0 aliphatic carbocycles. The van der Waals surface area contributed by atoms with Crippen molar-refractivity contribution < 1.29 is 29.3 Å². The Hall–Kier alpha value is -1.66. The second-order valence-corrected chi connectivity index (χ2v) is 4.97. The van der Waals surface area contributed by atoms with E-state index < -0.39 is 30.3 Å². The fraction of sp³-hybridized carbons (Fsp3) is 0.600. The number of carbonyl (C=O) groups excluding carboxylic acids is 2. The predicted molar refractivity (Wildman–Crippen MR) is 77.4 cm³/mol. The summed E-state index contributed by atoms with van der Waals surface area (Å²) in [4.78, 5) is 23.1. The molecular formula is C15H24O6. The first-order valence-electron chi connectivity index (χ1n) is 6.72. The number of esters is 2. The highest BCUT2D eigenvalue weighted by molar-refractivity contribution is 5.88. The lowest BCUT2D eigenvalue weighted by molar-refractivity contribution is -0.171. The van der Waals surface area contributed by atoms with Crippen LogP contribution in [0.1, 0.15) is 33.6 Å². The van der Waals surface area contributed by atoms with E-state index in [0.717, 1.165) is 0 Å². The van der Waals surface area contributed by atoms with Gasteiger partial charge in [0.1, 0.15) is 6.10 Å². The molecule has 0 saturated carbocycles. The number of aliphatic hydroxyl groups is 2. The molecule has 0 radical (unpaired) electrons. The second kappa shape index (κ2) is 9.31. The highest BCUT2D eigenvalue weighted by atomic mass is 16.6. The van der Waals surface area contributed by atoms with E-state index in [1.807, 2.05) is 0 Å². The van der Waals surface area contributed by atoms with Gasteiger partial charge in [-0.1, -0.05) is 13.2 Å². The number of ether oxygens (including phenoxy) is 2. The zero-order valence-electron chi connectivity index (χ0n) is 12.8. The van der Waals surface area contributed by atoms with E-state index in [0.29, 0.717) is 6.42 Å². The van der Waals surface area contributed by atoms with E-state index in [9.17, 15) is 14.7 Å². The van der Waals surface area contributed by atoms with E-state index in [2.05, 4.69) is 13.2 Å². The molecule has 0 aromatic heterocycles. The molecule has 3 atom stereocenters. The summed E-state index contributed by atoms with van der Waals surface area (Å²) in [7, 11) is 0. The van der Waals surface area contributed by atoms with Crippen molar-refractivity contribution in [3.63, 3.8) is 0 Å². The third-order valence-electron chi connectivity index (χ3n) is 2.73. The van der Waals surface area contributed by atoms with Gasteiger partial charge in [-0.3, -0.25) is 0 Å². The molecule has 120 valence electrons. The summed E-state index contributed by atoms with van der Waals surface area (Å²) in [6.45, 7) is 11.3. The van der Waals surface area contributed by atoms with E-state index in [1.165, 1.54) is 20.8 Å². The Kier molecular flexibility index (Phi) is 8.57. The van der Waals surface area contributed by atoms with Gasteiger partial charge in [-0.25, -0.2) is 9.59 Å². The van der Waals surface area contributed by atoms with Crippen LogP contribution < -0.4 is 0 Å². The van der Waals surface area contributed by atoms with Gasteiger partial charge in [0.2, 0.25) is 0 Å². The van der Waals surface area contributed by atoms with Crippen molar-refractivity contribution in [2.75, 3.05) is 6.61 Å². The van der Waals surface area contributed by atoms with Crippen LogP contribution in [0.5, 0.6) is 0 Å². The summed E-state index contributed by atoms with van der Waals surface area (Å²) in [6.07, 6.45) is -2.41. The van der Waals surface area contributed by atoms with Crippen LogP contribution in [0.25, 0.3) is 0 Å². The van der Waals surface area contributed by atoms with Crippen molar-refractivity contribution in [1.29, 1.82) is 0 Å². The molecule has 6 nitrogen and oxygen atoms in total. The number of aliphatic hydroxyl groups excluding tert-OH is 2. The zero-order chi connectivity index (χ0) is 16.6. The van der Waals surface area contributed by atoms with Crippen LogP contribution in [0.15, 0.2) is 24.3 Å². The Morgan fingerprint density at radius 3 is 2.00 bits per heavy atom. The summed E-state index contributed by atoms with van der Waals surface area (Å²) in [6, 6.07) is 0. The lowest BCUT2D eigenvalue weighted by atomic mass is 10.0. The largest absolute Gasteiger partial charge is 0.455 e. The van der Waals surface area contributed by atoms with Gasteiger partial charge >= 0.3 is 11.9 Å². The zero-order valence-corrected chi connectivity index (χ0v) is 12.8. The van der Waals surface area contributed by atoms with Gasteiger partial charge in [-0.05, 0) is 33.6 Å². The first kappa shape index (κ1) is 19.3. The summed E-state index contributed by atoms with van der Waals surface area (Å²) >= 11 is 0. The van der Waals surface area contributed by atoms with Crippen LogP contribution in [0.2, 0.25) is 0 Å². The predicted octanol–water partition coefficient (Wildman–Crippen LogP) is 1.12. The SMILES string of the molecule is C=C(C)C(=O)OC(C)C(OC(=O)C(=C)C)C(O)CCCO. The molecule has 3 unspecified atom stereocenters. The normalized spacial score (nSPS) is 14.7. The minimum Gasteiger partial charge on any atom is -0.455 e. The van der Waals surface area contributed by atoms with Crippen LogP contribution in [-0.4, -0.2) is 47.1 Å². The van der Waals surface area contributed by atoms with E-state index in [-0.39, 0.29) is 24.2 Å². The lowest BCUT2D eigenvalue weighted by Crippen LogP contribution is -2.42. The quantitative estimate of drug-likeness (QED) is 0.489. The molecule has 0 heterocycles. The molecule has 6 heteroatoms. The van der Waals surface area contributed by atoms with Crippen molar-refractivity contribution in [1.82, 2.24) is 0 Å². The smallest absolute Gasteiger partial charge is 0.333 e. The minimum atomic E-state index is -1.06. The fourth-order valence-corrected chi connectivity index (χ4v) is 1.51. The van der Waals surface area contributed by atoms with Crippen molar-refractivity contribution in [2.24, 2.45) is 0 Å². The second-order valence-electron chi connectivity index (χ2n) is 4.97. The van der Waals surface area contributed by atoms with E-state index in [1.54, 1.807) is 0 Å². The molecule has 0 spiro atoms. The Morgan fingerprint density at radius 1 is 1.10 bits per heavy atom. The van der Waals surface area contributed by atoms with Crippen LogP contribution >= 0.6 is 0 Å². The van der Waals surface area contributed by atoms with Gasteiger partial charge < -0.3 is 19.7 Å². The van der Waals surface area contributed by atoms with E-state index >= 15 is 0 Å². The molecule has 0 amide bonds. The first-order valence-corrected chi connectivity index (χ1v) is 6.72.